The summed E-state index contributed by atoms with van der Waals surface area (Å²) in [5, 5.41) is 3.40. The molecule has 90 valence electrons. The van der Waals surface area contributed by atoms with Gasteiger partial charge in [0.15, 0.2) is 0 Å². The Kier molecular flexibility index (Phi) is 3.06. The van der Waals surface area contributed by atoms with Crippen molar-refractivity contribution in [1.29, 1.82) is 0 Å². The number of hydrogen-bond acceptors (Lipinski definition) is 4. The maximum absolute atomic E-state index is 4.20. The number of para-hydroxylation sites is 1. The van der Waals surface area contributed by atoms with Crippen LogP contribution in [0.15, 0.2) is 48.5 Å². The average Bonchev–Trinajstić information content (AvgIpc) is 3.10. The Balaban J connectivity index is 1.84. The summed E-state index contributed by atoms with van der Waals surface area (Å²) in [6.45, 7) is 0.708. The molecule has 3 rings (SSSR count). The first kappa shape index (κ1) is 11.0. The van der Waals surface area contributed by atoms with Crippen LogP contribution in [0.1, 0.15) is 5.69 Å². The highest BCUT2D eigenvalue weighted by molar-refractivity contribution is 7.13. The van der Waals surface area contributed by atoms with Gasteiger partial charge in [-0.1, -0.05) is 18.2 Å². The first-order valence-electron chi connectivity index (χ1n) is 5.63. The average molecular weight is 256 g/mol. The zero-order chi connectivity index (χ0) is 12.2. The highest BCUT2D eigenvalue weighted by Gasteiger charge is 2.05. The number of nitrogens with one attached hydrogen (secondary N) is 2. The standard InChI is InChI=1S/C13H12N4S/c1-2-4-12(16-6-10-5-14-8-17-10)11(3-1)13-7-15-9-18-13/h1-5,7-9,16H,6H2,(H,14,17). The fraction of sp³-hybridized carbons (Fsp3) is 0.0769. The molecule has 1 aromatic carbocycles. The predicted molar refractivity (Wildman–Crippen MR) is 73.5 cm³/mol. The van der Waals surface area contributed by atoms with E-state index in [-0.39, 0.29) is 0 Å². The van der Waals surface area contributed by atoms with E-state index in [4.69, 9.17) is 0 Å². The lowest BCUT2D eigenvalue weighted by Crippen LogP contribution is -2.00. The third kappa shape index (κ3) is 2.26. The van der Waals surface area contributed by atoms with Crippen LogP contribution < -0.4 is 5.32 Å². The minimum absolute atomic E-state index is 0.708. The van der Waals surface area contributed by atoms with Gasteiger partial charge in [0.25, 0.3) is 0 Å². The molecule has 0 aliphatic heterocycles. The maximum Gasteiger partial charge on any atom is 0.0923 e. The number of anilines is 1. The van der Waals surface area contributed by atoms with Crippen LogP contribution in [0.25, 0.3) is 10.4 Å². The molecule has 0 bridgehead atoms. The van der Waals surface area contributed by atoms with Crippen molar-refractivity contribution < 1.29 is 0 Å². The van der Waals surface area contributed by atoms with Gasteiger partial charge in [0, 0.05) is 23.6 Å². The second kappa shape index (κ2) is 5.01. The third-order valence-corrected chi connectivity index (χ3v) is 3.45. The molecule has 0 atom stereocenters. The molecule has 0 fully saturated rings. The summed E-state index contributed by atoms with van der Waals surface area (Å²) >= 11 is 1.64. The van der Waals surface area contributed by atoms with Crippen molar-refractivity contribution in [3.63, 3.8) is 0 Å². The Morgan fingerprint density at radius 2 is 2.22 bits per heavy atom. The fourth-order valence-corrected chi connectivity index (χ4v) is 2.44. The lowest BCUT2D eigenvalue weighted by atomic mass is 10.1. The second-order valence-electron chi connectivity index (χ2n) is 3.83. The molecule has 2 N–H and O–H groups in total. The quantitative estimate of drug-likeness (QED) is 0.754. The number of aromatic nitrogens is 3. The van der Waals surface area contributed by atoms with Crippen LogP contribution in [-0.4, -0.2) is 15.0 Å². The number of rotatable bonds is 4. The zero-order valence-electron chi connectivity index (χ0n) is 9.63. The minimum atomic E-state index is 0.708. The van der Waals surface area contributed by atoms with Gasteiger partial charge in [0.2, 0.25) is 0 Å². The topological polar surface area (TPSA) is 53.6 Å². The largest absolute Gasteiger partial charge is 0.379 e. The molecule has 5 heteroatoms. The van der Waals surface area contributed by atoms with Crippen LogP contribution in [0.3, 0.4) is 0 Å². The van der Waals surface area contributed by atoms with Crippen molar-refractivity contribution in [1.82, 2.24) is 15.0 Å². The third-order valence-electron chi connectivity index (χ3n) is 2.64. The molecule has 0 saturated heterocycles. The molecule has 0 saturated carbocycles. The molecule has 2 aromatic heterocycles. The molecule has 18 heavy (non-hydrogen) atoms. The molecular weight excluding hydrogens is 244 g/mol. The van der Waals surface area contributed by atoms with Gasteiger partial charge in [0.1, 0.15) is 0 Å². The van der Waals surface area contributed by atoms with E-state index in [1.54, 1.807) is 17.7 Å². The van der Waals surface area contributed by atoms with Gasteiger partial charge in [-0.05, 0) is 6.07 Å². The summed E-state index contributed by atoms with van der Waals surface area (Å²) in [4.78, 5) is 12.4. The summed E-state index contributed by atoms with van der Waals surface area (Å²) in [5.74, 6) is 0. The molecule has 0 amide bonds. The number of nitrogens with zero attached hydrogens (tertiary/aromatic N) is 2. The van der Waals surface area contributed by atoms with Gasteiger partial charge in [-0.3, -0.25) is 4.98 Å². The zero-order valence-corrected chi connectivity index (χ0v) is 10.4. The Bertz CT molecular complexity index is 602. The molecule has 0 aliphatic carbocycles. The first-order valence-corrected chi connectivity index (χ1v) is 6.51. The summed E-state index contributed by atoms with van der Waals surface area (Å²) in [6, 6.07) is 8.23. The van der Waals surface area contributed by atoms with Crippen LogP contribution in [-0.2, 0) is 6.54 Å². The molecule has 0 spiro atoms. The Morgan fingerprint density at radius 1 is 1.28 bits per heavy atom. The minimum Gasteiger partial charge on any atom is -0.379 e. The van der Waals surface area contributed by atoms with Crippen molar-refractivity contribution in [2.24, 2.45) is 0 Å². The smallest absolute Gasteiger partial charge is 0.0923 e. The molecule has 0 unspecified atom stereocenters. The molecule has 2 heterocycles. The van der Waals surface area contributed by atoms with E-state index in [0.29, 0.717) is 6.54 Å². The second-order valence-corrected chi connectivity index (χ2v) is 4.71. The van der Waals surface area contributed by atoms with Crippen molar-refractivity contribution in [2.75, 3.05) is 5.32 Å². The van der Waals surface area contributed by atoms with Crippen LogP contribution in [0.5, 0.6) is 0 Å². The first-order chi connectivity index (χ1) is 8.93. The number of hydrogen-bond donors (Lipinski definition) is 2. The summed E-state index contributed by atoms with van der Waals surface area (Å²) in [6.07, 6.45) is 5.47. The van der Waals surface area contributed by atoms with Gasteiger partial charge in [0.05, 0.1) is 29.0 Å². The van der Waals surface area contributed by atoms with E-state index in [1.807, 2.05) is 30.0 Å². The van der Waals surface area contributed by atoms with Crippen molar-refractivity contribution >= 4 is 17.0 Å². The Morgan fingerprint density at radius 3 is 3.00 bits per heavy atom. The number of aromatic amines is 1. The summed E-state index contributed by atoms with van der Waals surface area (Å²) in [7, 11) is 0. The van der Waals surface area contributed by atoms with E-state index in [1.165, 1.54) is 10.4 Å². The fourth-order valence-electron chi connectivity index (χ4n) is 1.77. The normalized spacial score (nSPS) is 10.4. The van der Waals surface area contributed by atoms with E-state index in [0.717, 1.165) is 11.4 Å². The molecule has 4 nitrogen and oxygen atoms in total. The Labute approximate surface area is 109 Å². The van der Waals surface area contributed by atoms with E-state index >= 15 is 0 Å². The molecule has 3 aromatic rings. The van der Waals surface area contributed by atoms with Crippen LogP contribution in [0.4, 0.5) is 5.69 Å². The van der Waals surface area contributed by atoms with E-state index in [9.17, 15) is 0 Å². The highest BCUT2D eigenvalue weighted by Crippen LogP contribution is 2.30. The van der Waals surface area contributed by atoms with Gasteiger partial charge in [-0.15, -0.1) is 11.3 Å². The lowest BCUT2D eigenvalue weighted by molar-refractivity contribution is 1.07. The van der Waals surface area contributed by atoms with E-state index in [2.05, 4.69) is 32.4 Å². The van der Waals surface area contributed by atoms with Crippen LogP contribution >= 0.6 is 11.3 Å². The number of benzene rings is 1. The molecular formula is C13H12N4S. The predicted octanol–water partition coefficient (Wildman–Crippen LogP) is 3.15. The SMILES string of the molecule is c1ccc(-c2cncs2)c(NCc2c[nH]cn2)c1. The number of thiazole rings is 1. The van der Waals surface area contributed by atoms with Crippen molar-refractivity contribution in [3.05, 3.63) is 54.2 Å². The summed E-state index contributed by atoms with van der Waals surface area (Å²) in [5.41, 5.74) is 5.12. The van der Waals surface area contributed by atoms with Gasteiger partial charge < -0.3 is 10.3 Å². The highest BCUT2D eigenvalue weighted by atomic mass is 32.1. The lowest BCUT2D eigenvalue weighted by Gasteiger charge is -2.09. The van der Waals surface area contributed by atoms with Crippen LogP contribution in [0.2, 0.25) is 0 Å². The number of imidazole rings is 1. The van der Waals surface area contributed by atoms with Crippen LogP contribution in [0, 0.1) is 0 Å². The monoisotopic (exact) mass is 256 g/mol. The van der Waals surface area contributed by atoms with Gasteiger partial charge in [-0.25, -0.2) is 4.98 Å². The molecule has 0 aliphatic rings. The van der Waals surface area contributed by atoms with Gasteiger partial charge >= 0.3 is 0 Å². The van der Waals surface area contributed by atoms with Crippen molar-refractivity contribution in [2.45, 2.75) is 6.54 Å². The molecule has 0 radical (unpaired) electrons. The maximum atomic E-state index is 4.20. The van der Waals surface area contributed by atoms with Crippen molar-refractivity contribution in [3.8, 4) is 10.4 Å². The van der Waals surface area contributed by atoms with Gasteiger partial charge in [-0.2, -0.15) is 0 Å². The Hall–Kier alpha value is -2.14. The van der Waals surface area contributed by atoms with E-state index < -0.39 is 0 Å². The summed E-state index contributed by atoms with van der Waals surface area (Å²) < 4.78 is 0. The number of H-pyrrole nitrogens is 1.